The lowest BCUT2D eigenvalue weighted by molar-refractivity contribution is 0.0807. The van der Waals surface area contributed by atoms with E-state index in [0.29, 0.717) is 19.2 Å². The summed E-state index contributed by atoms with van der Waals surface area (Å²) in [4.78, 5) is 12.3. The molecule has 0 fully saturated rings. The second-order valence-electron chi connectivity index (χ2n) is 4.09. The highest BCUT2D eigenvalue weighted by molar-refractivity contribution is 9.13. The summed E-state index contributed by atoms with van der Waals surface area (Å²) in [5, 5.41) is 9.01. The van der Waals surface area contributed by atoms with Gasteiger partial charge in [-0.05, 0) is 53.7 Å². The maximum atomic E-state index is 12.3. The molecule has 0 aliphatic heterocycles. The molecule has 1 rings (SSSR count). The summed E-state index contributed by atoms with van der Waals surface area (Å²) in [6.45, 7) is 5.87. The van der Waals surface area contributed by atoms with Gasteiger partial charge in [0.25, 0.3) is 0 Å². The van der Waals surface area contributed by atoms with E-state index >= 15 is 0 Å². The maximum Gasteiger partial charge on any atom is 0.235 e. The van der Waals surface area contributed by atoms with Crippen molar-refractivity contribution in [3.05, 3.63) is 19.2 Å². The van der Waals surface area contributed by atoms with Gasteiger partial charge < -0.3 is 0 Å². The Balaban J connectivity index is 3.35. The Morgan fingerprint density at radius 2 is 1.76 bits per heavy atom. The van der Waals surface area contributed by atoms with Gasteiger partial charge in [0, 0.05) is 5.92 Å². The number of nitriles is 1. The summed E-state index contributed by atoms with van der Waals surface area (Å²) in [5.74, 6) is 0.0856. The molecule has 0 radical (unpaired) electrons. The Labute approximate surface area is 126 Å². The van der Waals surface area contributed by atoms with Crippen LogP contribution >= 0.6 is 47.8 Å². The molecule has 0 aromatic carbocycles. The van der Waals surface area contributed by atoms with E-state index in [2.05, 4.69) is 53.9 Å². The zero-order chi connectivity index (χ0) is 13.3. The van der Waals surface area contributed by atoms with E-state index in [1.165, 1.54) is 4.57 Å². The Morgan fingerprint density at radius 3 is 2.12 bits per heavy atom. The van der Waals surface area contributed by atoms with Crippen LogP contribution in [-0.4, -0.2) is 10.5 Å². The van der Waals surface area contributed by atoms with Crippen LogP contribution in [0.15, 0.2) is 13.7 Å². The Bertz CT molecular complexity index is 500. The molecule has 1 aromatic heterocycles. The van der Waals surface area contributed by atoms with Crippen molar-refractivity contribution >= 4 is 53.7 Å². The van der Waals surface area contributed by atoms with Crippen molar-refractivity contribution in [2.45, 2.75) is 20.8 Å². The molecule has 1 atom stereocenters. The lowest BCUT2D eigenvalue weighted by Gasteiger charge is -2.16. The molecule has 1 aromatic rings. The zero-order valence-electron chi connectivity index (χ0n) is 9.59. The molecule has 1 unspecified atom stereocenters. The Morgan fingerprint density at radius 1 is 1.24 bits per heavy atom. The van der Waals surface area contributed by atoms with Gasteiger partial charge in [-0.15, -0.1) is 0 Å². The van der Waals surface area contributed by atoms with Crippen molar-refractivity contribution in [1.29, 1.82) is 5.26 Å². The fourth-order valence-corrected chi connectivity index (χ4v) is 3.41. The van der Waals surface area contributed by atoms with Crippen molar-refractivity contribution in [2.24, 2.45) is 11.8 Å². The summed E-state index contributed by atoms with van der Waals surface area (Å²) >= 11 is 9.91. The maximum absolute atomic E-state index is 12.3. The van der Waals surface area contributed by atoms with Gasteiger partial charge in [-0.25, -0.2) is 0 Å². The number of carbonyl (C=O) groups is 1. The molecule has 0 saturated heterocycles. The normalized spacial score (nSPS) is 12.6. The molecule has 0 spiro atoms. The summed E-state index contributed by atoms with van der Waals surface area (Å²) in [6.07, 6.45) is 0. The van der Waals surface area contributed by atoms with Crippen LogP contribution < -0.4 is 0 Å². The fraction of sp³-hybridized carbons (Fsp3) is 0.455. The standard InChI is InChI=1S/C11H11Br3N2O/c1-5(2)6(3)11(17)16-9(13)7(4-15)8(12)10(16)14/h5-6H,1-3H3. The minimum atomic E-state index is -0.117. The fourth-order valence-electron chi connectivity index (χ4n) is 1.27. The lowest BCUT2D eigenvalue weighted by atomic mass is 9.97. The van der Waals surface area contributed by atoms with Crippen molar-refractivity contribution in [3.8, 4) is 6.07 Å². The predicted molar refractivity (Wildman–Crippen MR) is 76.9 cm³/mol. The van der Waals surface area contributed by atoms with E-state index in [4.69, 9.17) is 5.26 Å². The number of hydrogen-bond acceptors (Lipinski definition) is 2. The number of hydrogen-bond donors (Lipinski definition) is 0. The summed E-state index contributed by atoms with van der Waals surface area (Å²) in [5.41, 5.74) is 0.418. The minimum Gasteiger partial charge on any atom is -0.274 e. The van der Waals surface area contributed by atoms with Gasteiger partial charge in [0.15, 0.2) is 0 Å². The first-order valence-electron chi connectivity index (χ1n) is 5.02. The highest BCUT2D eigenvalue weighted by atomic mass is 79.9. The molecule has 0 aliphatic rings. The van der Waals surface area contributed by atoms with Crippen LogP contribution in [0.3, 0.4) is 0 Å². The highest BCUT2D eigenvalue weighted by Crippen LogP contribution is 2.36. The summed E-state index contributed by atoms with van der Waals surface area (Å²) in [7, 11) is 0. The third kappa shape index (κ3) is 2.67. The molecule has 6 heteroatoms. The van der Waals surface area contributed by atoms with Crippen LogP contribution in [0.5, 0.6) is 0 Å². The third-order valence-corrected chi connectivity index (χ3v) is 5.53. The van der Waals surface area contributed by atoms with E-state index in [1.807, 2.05) is 20.8 Å². The predicted octanol–water partition coefficient (Wildman–Crippen LogP) is 4.58. The SMILES string of the molecule is CC(C)C(C)C(=O)n1c(Br)c(Br)c(C#N)c1Br. The molecular formula is C11H11Br3N2O. The molecule has 3 nitrogen and oxygen atoms in total. The van der Waals surface area contributed by atoms with Crippen LogP contribution in [0.4, 0.5) is 0 Å². The average molecular weight is 427 g/mol. The number of carbonyl (C=O) groups excluding carboxylic acids is 1. The van der Waals surface area contributed by atoms with E-state index in [1.54, 1.807) is 0 Å². The first kappa shape index (κ1) is 14.9. The quantitative estimate of drug-likeness (QED) is 0.694. The van der Waals surface area contributed by atoms with Gasteiger partial charge >= 0.3 is 0 Å². The molecule has 1 heterocycles. The number of rotatable bonds is 2. The largest absolute Gasteiger partial charge is 0.274 e. The van der Waals surface area contributed by atoms with Gasteiger partial charge in [-0.1, -0.05) is 20.8 Å². The van der Waals surface area contributed by atoms with E-state index in [9.17, 15) is 4.79 Å². The van der Waals surface area contributed by atoms with Crippen molar-refractivity contribution in [3.63, 3.8) is 0 Å². The van der Waals surface area contributed by atoms with Crippen LogP contribution in [0, 0.1) is 23.2 Å². The van der Waals surface area contributed by atoms with Crippen LogP contribution in [-0.2, 0) is 0 Å². The van der Waals surface area contributed by atoms with Gasteiger partial charge in [0.05, 0.1) is 4.47 Å². The molecule has 0 N–H and O–H groups in total. The van der Waals surface area contributed by atoms with Gasteiger partial charge in [-0.3, -0.25) is 9.36 Å². The second kappa shape index (κ2) is 5.68. The van der Waals surface area contributed by atoms with Crippen molar-refractivity contribution < 1.29 is 4.79 Å². The van der Waals surface area contributed by atoms with Crippen LogP contribution in [0.1, 0.15) is 31.1 Å². The monoisotopic (exact) mass is 424 g/mol. The average Bonchev–Trinajstić information content (AvgIpc) is 2.48. The minimum absolute atomic E-state index is 0.0408. The molecule has 17 heavy (non-hydrogen) atoms. The number of halogens is 3. The molecule has 0 bridgehead atoms. The van der Waals surface area contributed by atoms with Crippen LogP contribution in [0.2, 0.25) is 0 Å². The topological polar surface area (TPSA) is 45.8 Å². The third-order valence-electron chi connectivity index (χ3n) is 2.72. The smallest absolute Gasteiger partial charge is 0.235 e. The Kier molecular flexibility index (Phi) is 4.99. The second-order valence-corrected chi connectivity index (χ2v) is 6.38. The van der Waals surface area contributed by atoms with Crippen molar-refractivity contribution in [2.75, 3.05) is 0 Å². The molecule has 0 aliphatic carbocycles. The zero-order valence-corrected chi connectivity index (χ0v) is 14.3. The first-order chi connectivity index (χ1) is 7.82. The van der Waals surface area contributed by atoms with E-state index in [-0.39, 0.29) is 17.7 Å². The first-order valence-corrected chi connectivity index (χ1v) is 7.40. The molecule has 92 valence electrons. The summed E-state index contributed by atoms with van der Waals surface area (Å²) in [6, 6.07) is 2.05. The van der Waals surface area contributed by atoms with Gasteiger partial charge in [0.1, 0.15) is 20.8 Å². The van der Waals surface area contributed by atoms with E-state index < -0.39 is 0 Å². The lowest BCUT2D eigenvalue weighted by Crippen LogP contribution is -2.23. The van der Waals surface area contributed by atoms with Gasteiger partial charge in [-0.2, -0.15) is 5.26 Å². The van der Waals surface area contributed by atoms with Crippen molar-refractivity contribution in [1.82, 2.24) is 4.57 Å². The molecule has 0 amide bonds. The molecule has 0 saturated carbocycles. The number of aromatic nitrogens is 1. The molecular weight excluding hydrogens is 416 g/mol. The highest BCUT2D eigenvalue weighted by Gasteiger charge is 2.26. The summed E-state index contributed by atoms with van der Waals surface area (Å²) < 4.78 is 3.12. The van der Waals surface area contributed by atoms with Gasteiger partial charge in [0.2, 0.25) is 5.91 Å². The Hall–Kier alpha value is -0.120. The van der Waals surface area contributed by atoms with Crippen LogP contribution in [0.25, 0.3) is 0 Å². The van der Waals surface area contributed by atoms with E-state index in [0.717, 1.165) is 0 Å². The number of nitrogens with zero attached hydrogens (tertiary/aromatic N) is 2.